The van der Waals surface area contributed by atoms with Crippen molar-refractivity contribution < 1.29 is 14.7 Å². The number of carbonyl (C=O) groups excluding carboxylic acids is 1. The molecule has 0 spiro atoms. The summed E-state index contributed by atoms with van der Waals surface area (Å²) in [6.07, 6.45) is 5.45. The average molecular weight is 242 g/mol. The Kier molecular flexibility index (Phi) is 4.78. The lowest BCUT2D eigenvalue weighted by Crippen LogP contribution is -2.53. The molecule has 3 N–H and O–H groups in total. The Morgan fingerprint density at radius 3 is 2.41 bits per heavy atom. The monoisotopic (exact) mass is 242 g/mol. The van der Waals surface area contributed by atoms with Crippen LogP contribution in [0.4, 0.5) is 4.79 Å². The van der Waals surface area contributed by atoms with Gasteiger partial charge in [0, 0.05) is 11.6 Å². The minimum Gasteiger partial charge on any atom is -0.481 e. The van der Waals surface area contributed by atoms with E-state index < -0.39 is 5.97 Å². The van der Waals surface area contributed by atoms with Gasteiger partial charge >= 0.3 is 12.0 Å². The number of carboxylic acid groups (broad SMARTS) is 1. The average Bonchev–Trinajstić information content (AvgIpc) is 2.15. The van der Waals surface area contributed by atoms with Crippen LogP contribution in [-0.4, -0.2) is 28.7 Å². The Hall–Kier alpha value is -1.26. The van der Waals surface area contributed by atoms with Crippen molar-refractivity contribution in [2.75, 3.05) is 0 Å². The Morgan fingerprint density at radius 2 is 1.88 bits per heavy atom. The van der Waals surface area contributed by atoms with E-state index in [1.54, 1.807) is 6.92 Å². The van der Waals surface area contributed by atoms with E-state index in [4.69, 9.17) is 5.11 Å². The summed E-state index contributed by atoms with van der Waals surface area (Å²) in [4.78, 5) is 22.2. The molecule has 0 bridgehead atoms. The summed E-state index contributed by atoms with van der Waals surface area (Å²) in [5.74, 6) is -0.901. The summed E-state index contributed by atoms with van der Waals surface area (Å²) in [6, 6.07) is -0.608. The highest BCUT2D eigenvalue weighted by Crippen LogP contribution is 2.27. The molecule has 0 saturated heterocycles. The molecule has 98 valence electrons. The van der Waals surface area contributed by atoms with Crippen LogP contribution in [0.2, 0.25) is 0 Å². The first-order valence-corrected chi connectivity index (χ1v) is 6.22. The minimum atomic E-state index is -0.901. The van der Waals surface area contributed by atoms with E-state index in [2.05, 4.69) is 10.6 Å². The van der Waals surface area contributed by atoms with Crippen molar-refractivity contribution in [2.45, 2.75) is 64.0 Å². The molecule has 0 aromatic rings. The lowest BCUT2D eigenvalue weighted by Gasteiger charge is -2.34. The Labute approximate surface area is 102 Å². The van der Waals surface area contributed by atoms with Gasteiger partial charge in [0.15, 0.2) is 0 Å². The molecular weight excluding hydrogens is 220 g/mol. The zero-order valence-electron chi connectivity index (χ0n) is 10.6. The normalized spacial score (nSPS) is 20.4. The predicted octanol–water partition coefficient (Wildman–Crippen LogP) is 1.87. The Bertz CT molecular complexity index is 285. The number of nitrogens with one attached hydrogen (secondary N) is 2. The number of hydrogen-bond donors (Lipinski definition) is 3. The van der Waals surface area contributed by atoms with Gasteiger partial charge in [-0.3, -0.25) is 4.79 Å². The molecule has 0 heterocycles. The summed E-state index contributed by atoms with van der Waals surface area (Å²) in [5, 5.41) is 14.2. The largest absolute Gasteiger partial charge is 0.481 e. The number of rotatable bonds is 4. The number of urea groups is 1. The number of amides is 2. The van der Waals surface area contributed by atoms with Crippen LogP contribution in [0, 0.1) is 0 Å². The van der Waals surface area contributed by atoms with Gasteiger partial charge in [-0.15, -0.1) is 0 Å². The topological polar surface area (TPSA) is 78.4 Å². The van der Waals surface area contributed by atoms with Crippen LogP contribution in [0.5, 0.6) is 0 Å². The van der Waals surface area contributed by atoms with Crippen LogP contribution in [0.1, 0.15) is 52.4 Å². The van der Waals surface area contributed by atoms with E-state index in [-0.39, 0.29) is 24.0 Å². The third-order valence-electron chi connectivity index (χ3n) is 3.23. The van der Waals surface area contributed by atoms with Crippen LogP contribution >= 0.6 is 0 Å². The minimum absolute atomic E-state index is 0.0515. The van der Waals surface area contributed by atoms with E-state index in [1.807, 2.05) is 6.92 Å². The molecule has 2 amide bonds. The molecule has 1 atom stereocenters. The van der Waals surface area contributed by atoms with Gasteiger partial charge in [0.05, 0.1) is 6.42 Å². The second kappa shape index (κ2) is 5.89. The fraction of sp³-hybridized carbons (Fsp3) is 0.833. The van der Waals surface area contributed by atoms with E-state index in [0.29, 0.717) is 0 Å². The van der Waals surface area contributed by atoms with Crippen LogP contribution in [0.3, 0.4) is 0 Å². The van der Waals surface area contributed by atoms with E-state index in [0.717, 1.165) is 25.7 Å². The molecule has 1 aliphatic rings. The molecule has 0 aromatic carbocycles. The maximum absolute atomic E-state index is 11.7. The zero-order valence-corrected chi connectivity index (χ0v) is 10.6. The fourth-order valence-electron chi connectivity index (χ4n) is 2.30. The fourth-order valence-corrected chi connectivity index (χ4v) is 2.30. The molecule has 1 saturated carbocycles. The van der Waals surface area contributed by atoms with Crippen molar-refractivity contribution >= 4 is 12.0 Å². The second-order valence-electron chi connectivity index (χ2n) is 5.22. The van der Waals surface area contributed by atoms with Crippen molar-refractivity contribution in [1.82, 2.24) is 10.6 Å². The lowest BCUT2D eigenvalue weighted by molar-refractivity contribution is -0.137. The van der Waals surface area contributed by atoms with Crippen LogP contribution in [-0.2, 0) is 4.79 Å². The molecule has 5 heteroatoms. The predicted molar refractivity (Wildman–Crippen MR) is 64.9 cm³/mol. The summed E-state index contributed by atoms with van der Waals surface area (Å²) < 4.78 is 0. The molecule has 0 aliphatic heterocycles. The van der Waals surface area contributed by atoms with Gasteiger partial charge in [0.25, 0.3) is 0 Å². The molecule has 5 nitrogen and oxygen atoms in total. The first-order chi connectivity index (χ1) is 7.91. The number of aliphatic carboxylic acids is 1. The molecule has 17 heavy (non-hydrogen) atoms. The second-order valence-corrected chi connectivity index (χ2v) is 5.22. The quantitative estimate of drug-likeness (QED) is 0.704. The highest BCUT2D eigenvalue weighted by molar-refractivity contribution is 5.76. The van der Waals surface area contributed by atoms with Crippen molar-refractivity contribution in [3.05, 3.63) is 0 Å². The van der Waals surface area contributed by atoms with E-state index >= 15 is 0 Å². The molecular formula is C12H22N2O3. The van der Waals surface area contributed by atoms with Gasteiger partial charge in [-0.1, -0.05) is 19.3 Å². The van der Waals surface area contributed by atoms with Gasteiger partial charge in [-0.05, 0) is 26.7 Å². The molecule has 1 fully saturated rings. The highest BCUT2D eigenvalue weighted by atomic mass is 16.4. The standard InChI is InChI=1S/C12H22N2O3/c1-9(8-10(15)16)13-11(17)14-12(2)6-4-3-5-7-12/h9H,3-8H2,1-2H3,(H,15,16)(H2,13,14,17). The SMILES string of the molecule is CC(CC(=O)O)NC(=O)NC1(C)CCCCC1. The van der Waals surface area contributed by atoms with Crippen molar-refractivity contribution in [2.24, 2.45) is 0 Å². The third kappa shape index (κ3) is 5.06. The summed E-state index contributed by atoms with van der Waals surface area (Å²) in [5.41, 5.74) is -0.134. The summed E-state index contributed by atoms with van der Waals surface area (Å²) in [7, 11) is 0. The smallest absolute Gasteiger partial charge is 0.315 e. The molecule has 1 rings (SSSR count). The number of carboxylic acids is 1. The van der Waals surface area contributed by atoms with Gasteiger partial charge in [-0.25, -0.2) is 4.79 Å². The van der Waals surface area contributed by atoms with Gasteiger partial charge in [0.2, 0.25) is 0 Å². The van der Waals surface area contributed by atoms with Gasteiger partial charge in [0.1, 0.15) is 0 Å². The highest BCUT2D eigenvalue weighted by Gasteiger charge is 2.28. The van der Waals surface area contributed by atoms with E-state index in [1.165, 1.54) is 6.42 Å². The van der Waals surface area contributed by atoms with Crippen molar-refractivity contribution in [1.29, 1.82) is 0 Å². The lowest BCUT2D eigenvalue weighted by atomic mass is 9.83. The summed E-state index contributed by atoms with van der Waals surface area (Å²) >= 11 is 0. The first kappa shape index (κ1) is 13.8. The molecule has 0 aromatic heterocycles. The molecule has 0 radical (unpaired) electrons. The van der Waals surface area contributed by atoms with Crippen LogP contribution in [0.15, 0.2) is 0 Å². The first-order valence-electron chi connectivity index (χ1n) is 6.22. The number of carbonyl (C=O) groups is 2. The van der Waals surface area contributed by atoms with Crippen molar-refractivity contribution in [3.8, 4) is 0 Å². The Morgan fingerprint density at radius 1 is 1.29 bits per heavy atom. The molecule has 1 aliphatic carbocycles. The van der Waals surface area contributed by atoms with Gasteiger partial charge < -0.3 is 15.7 Å². The Balaban J connectivity index is 2.35. The molecule has 1 unspecified atom stereocenters. The maximum atomic E-state index is 11.7. The van der Waals surface area contributed by atoms with Crippen molar-refractivity contribution in [3.63, 3.8) is 0 Å². The summed E-state index contributed by atoms with van der Waals surface area (Å²) in [6.45, 7) is 3.74. The van der Waals surface area contributed by atoms with Crippen LogP contribution < -0.4 is 10.6 Å². The maximum Gasteiger partial charge on any atom is 0.315 e. The van der Waals surface area contributed by atoms with E-state index in [9.17, 15) is 9.59 Å². The zero-order chi connectivity index (χ0) is 12.9. The third-order valence-corrected chi connectivity index (χ3v) is 3.23. The van der Waals surface area contributed by atoms with Crippen LogP contribution in [0.25, 0.3) is 0 Å². The number of hydrogen-bond acceptors (Lipinski definition) is 2. The van der Waals surface area contributed by atoms with Gasteiger partial charge in [-0.2, -0.15) is 0 Å².